The molecule has 1 aliphatic heterocycles. The van der Waals surface area contributed by atoms with Crippen LogP contribution in [-0.4, -0.2) is 37.0 Å². The molecule has 2 unspecified atom stereocenters. The Balaban J connectivity index is 2.41. The number of aliphatic hydroxyl groups excluding tert-OH is 1. The molecule has 8 heteroatoms. The third-order valence-electron chi connectivity index (χ3n) is 3.52. The lowest BCUT2D eigenvalue weighted by molar-refractivity contribution is 0.0604. The van der Waals surface area contributed by atoms with E-state index in [4.69, 9.17) is 5.73 Å². The van der Waals surface area contributed by atoms with Crippen molar-refractivity contribution in [2.75, 3.05) is 18.8 Å². The average molecular weight is 367 g/mol. The molecule has 1 fully saturated rings. The van der Waals surface area contributed by atoms with E-state index in [1.165, 1.54) is 6.07 Å². The van der Waals surface area contributed by atoms with Gasteiger partial charge in [-0.25, -0.2) is 12.8 Å². The van der Waals surface area contributed by atoms with Gasteiger partial charge in [-0.2, -0.15) is 4.31 Å². The van der Waals surface area contributed by atoms with Crippen molar-refractivity contribution in [1.29, 1.82) is 0 Å². The summed E-state index contributed by atoms with van der Waals surface area (Å²) in [5, 5.41) is 9.80. The van der Waals surface area contributed by atoms with E-state index in [1.54, 1.807) is 0 Å². The zero-order chi connectivity index (χ0) is 15.1. The molecule has 0 saturated carbocycles. The van der Waals surface area contributed by atoms with Crippen LogP contribution in [0.15, 0.2) is 21.5 Å². The van der Waals surface area contributed by atoms with Gasteiger partial charge in [-0.15, -0.1) is 0 Å². The number of aliphatic hydroxyl groups is 1. The second-order valence-electron chi connectivity index (χ2n) is 5.01. The third kappa shape index (κ3) is 2.83. The Bertz CT molecular complexity index is 623. The molecule has 1 aromatic rings. The van der Waals surface area contributed by atoms with Crippen molar-refractivity contribution in [2.45, 2.75) is 24.3 Å². The normalized spacial score (nSPS) is 24.8. The summed E-state index contributed by atoms with van der Waals surface area (Å²) in [6, 6.07) is 2.40. The van der Waals surface area contributed by atoms with Gasteiger partial charge in [0.05, 0.1) is 10.6 Å². The molecule has 0 radical (unpaired) electrons. The molecular formula is C12H16BrFN2O3S. The number of benzene rings is 1. The SMILES string of the molecule is CC1CCN(S(=O)(=O)c2cc(N)cc(Br)c2F)CC1O. The molecule has 0 aromatic heterocycles. The summed E-state index contributed by atoms with van der Waals surface area (Å²) in [6.07, 6.45) is -0.211. The van der Waals surface area contributed by atoms with E-state index >= 15 is 0 Å². The number of nitrogen functional groups attached to an aromatic ring is 1. The van der Waals surface area contributed by atoms with Crippen LogP contribution in [0.25, 0.3) is 0 Å². The molecule has 1 aliphatic rings. The van der Waals surface area contributed by atoms with Gasteiger partial charge in [-0.1, -0.05) is 6.92 Å². The van der Waals surface area contributed by atoms with Gasteiger partial charge >= 0.3 is 0 Å². The summed E-state index contributed by atoms with van der Waals surface area (Å²) in [5.41, 5.74) is 5.73. The topological polar surface area (TPSA) is 83.6 Å². The number of sulfonamides is 1. The maximum absolute atomic E-state index is 14.0. The number of hydrogen-bond acceptors (Lipinski definition) is 4. The number of halogens is 2. The van der Waals surface area contributed by atoms with Crippen molar-refractivity contribution in [1.82, 2.24) is 4.31 Å². The number of piperidine rings is 1. The van der Waals surface area contributed by atoms with Crippen LogP contribution in [0.5, 0.6) is 0 Å². The molecular weight excluding hydrogens is 351 g/mol. The minimum absolute atomic E-state index is 0.00185. The van der Waals surface area contributed by atoms with Gasteiger partial charge in [0.2, 0.25) is 10.0 Å². The van der Waals surface area contributed by atoms with Gasteiger partial charge in [-0.3, -0.25) is 0 Å². The molecule has 1 saturated heterocycles. The van der Waals surface area contributed by atoms with Crippen LogP contribution in [-0.2, 0) is 10.0 Å². The van der Waals surface area contributed by atoms with E-state index in [0.29, 0.717) is 6.42 Å². The first-order valence-corrected chi connectivity index (χ1v) is 8.39. The van der Waals surface area contributed by atoms with Gasteiger partial charge in [0.15, 0.2) is 5.82 Å². The van der Waals surface area contributed by atoms with Crippen LogP contribution in [0.4, 0.5) is 10.1 Å². The van der Waals surface area contributed by atoms with E-state index in [1.807, 2.05) is 6.92 Å². The lowest BCUT2D eigenvalue weighted by Gasteiger charge is -2.33. The highest BCUT2D eigenvalue weighted by atomic mass is 79.9. The second-order valence-corrected chi connectivity index (χ2v) is 7.77. The third-order valence-corrected chi connectivity index (χ3v) is 5.96. The van der Waals surface area contributed by atoms with Gasteiger partial charge in [0, 0.05) is 18.8 Å². The van der Waals surface area contributed by atoms with Crippen LogP contribution >= 0.6 is 15.9 Å². The summed E-state index contributed by atoms with van der Waals surface area (Å²) in [4.78, 5) is -0.467. The molecule has 0 aliphatic carbocycles. The number of nitrogens with zero attached hydrogens (tertiary/aromatic N) is 1. The summed E-state index contributed by atoms with van der Waals surface area (Å²) in [7, 11) is -4.01. The molecule has 1 heterocycles. The van der Waals surface area contributed by atoms with Crippen LogP contribution < -0.4 is 5.73 Å². The molecule has 0 spiro atoms. The van der Waals surface area contributed by atoms with Crippen molar-refractivity contribution >= 4 is 31.6 Å². The highest BCUT2D eigenvalue weighted by Crippen LogP contribution is 2.30. The zero-order valence-corrected chi connectivity index (χ0v) is 13.3. The van der Waals surface area contributed by atoms with E-state index in [-0.39, 0.29) is 29.2 Å². The molecule has 1 aromatic carbocycles. The van der Waals surface area contributed by atoms with Gasteiger partial charge in [0.25, 0.3) is 0 Å². The first-order valence-electron chi connectivity index (χ1n) is 6.16. The second kappa shape index (κ2) is 5.59. The molecule has 0 bridgehead atoms. The number of β-amino-alcohol motifs (C(OH)–C–C–N with tert-alkyl or cyclic N) is 1. The number of rotatable bonds is 2. The number of anilines is 1. The summed E-state index contributed by atoms with van der Waals surface area (Å²) < 4.78 is 40.1. The lowest BCUT2D eigenvalue weighted by atomic mass is 9.98. The monoisotopic (exact) mass is 366 g/mol. The minimum Gasteiger partial charge on any atom is -0.399 e. The van der Waals surface area contributed by atoms with Crippen molar-refractivity contribution in [3.63, 3.8) is 0 Å². The highest BCUT2D eigenvalue weighted by Gasteiger charge is 2.34. The van der Waals surface area contributed by atoms with Crippen LogP contribution in [0.1, 0.15) is 13.3 Å². The van der Waals surface area contributed by atoms with E-state index in [2.05, 4.69) is 15.9 Å². The molecule has 20 heavy (non-hydrogen) atoms. The van der Waals surface area contributed by atoms with E-state index in [9.17, 15) is 17.9 Å². The Morgan fingerprint density at radius 1 is 1.50 bits per heavy atom. The first-order chi connectivity index (χ1) is 9.23. The maximum atomic E-state index is 14.0. The Morgan fingerprint density at radius 2 is 2.15 bits per heavy atom. The van der Waals surface area contributed by atoms with Crippen molar-refractivity contribution in [3.05, 3.63) is 22.4 Å². The quantitative estimate of drug-likeness (QED) is 0.778. The zero-order valence-electron chi connectivity index (χ0n) is 10.9. The summed E-state index contributed by atoms with van der Waals surface area (Å²) >= 11 is 2.95. The maximum Gasteiger partial charge on any atom is 0.246 e. The first kappa shape index (κ1) is 15.7. The Labute approximate surface area is 125 Å². The number of nitrogens with two attached hydrogens (primary N) is 1. The Kier molecular flexibility index (Phi) is 4.38. The highest BCUT2D eigenvalue weighted by molar-refractivity contribution is 9.10. The number of hydrogen-bond donors (Lipinski definition) is 2. The lowest BCUT2D eigenvalue weighted by Crippen LogP contribution is -2.45. The fourth-order valence-corrected chi connectivity index (χ4v) is 4.35. The van der Waals surface area contributed by atoms with Gasteiger partial charge in [-0.05, 0) is 40.4 Å². The Hall–Kier alpha value is -0.700. The molecule has 2 atom stereocenters. The Morgan fingerprint density at radius 3 is 2.75 bits per heavy atom. The van der Waals surface area contributed by atoms with Crippen molar-refractivity contribution < 1.29 is 17.9 Å². The van der Waals surface area contributed by atoms with Gasteiger partial charge < -0.3 is 10.8 Å². The van der Waals surface area contributed by atoms with Crippen LogP contribution in [0.2, 0.25) is 0 Å². The van der Waals surface area contributed by atoms with Crippen LogP contribution in [0, 0.1) is 11.7 Å². The van der Waals surface area contributed by atoms with E-state index in [0.717, 1.165) is 10.4 Å². The predicted molar refractivity (Wildman–Crippen MR) is 77.1 cm³/mol. The van der Waals surface area contributed by atoms with Crippen molar-refractivity contribution in [3.8, 4) is 0 Å². The largest absolute Gasteiger partial charge is 0.399 e. The summed E-state index contributed by atoms with van der Waals surface area (Å²) in [6.45, 7) is 2.08. The standard InChI is InChI=1S/C12H16BrFN2O3S/c1-7-2-3-16(6-10(7)17)20(18,19)11-5-8(15)4-9(13)12(11)14/h4-5,7,10,17H,2-3,6,15H2,1H3. The molecule has 0 amide bonds. The van der Waals surface area contributed by atoms with Crippen LogP contribution in [0.3, 0.4) is 0 Å². The molecule has 2 rings (SSSR count). The fraction of sp³-hybridized carbons (Fsp3) is 0.500. The predicted octanol–water partition coefficient (Wildman–Crippen LogP) is 1.56. The van der Waals surface area contributed by atoms with Crippen molar-refractivity contribution in [2.24, 2.45) is 5.92 Å². The van der Waals surface area contributed by atoms with E-state index < -0.39 is 26.8 Å². The molecule has 3 N–H and O–H groups in total. The fourth-order valence-electron chi connectivity index (χ4n) is 2.15. The smallest absolute Gasteiger partial charge is 0.246 e. The molecule has 5 nitrogen and oxygen atoms in total. The molecule has 112 valence electrons. The average Bonchev–Trinajstić information content (AvgIpc) is 2.36. The van der Waals surface area contributed by atoms with Gasteiger partial charge in [0.1, 0.15) is 4.90 Å². The minimum atomic E-state index is -4.01. The summed E-state index contributed by atoms with van der Waals surface area (Å²) in [5.74, 6) is -0.841.